The van der Waals surface area contributed by atoms with Gasteiger partial charge in [0.1, 0.15) is 9.61 Å². The maximum absolute atomic E-state index is 4.28. The fraction of sp³-hybridized carbons (Fsp3) is 0.143. The lowest BCUT2D eigenvalue weighted by atomic mass is 10.4. The molecule has 0 amide bonds. The molecule has 0 saturated heterocycles. The van der Waals surface area contributed by atoms with Gasteiger partial charge in [0.25, 0.3) is 0 Å². The number of hydrogen-bond donors (Lipinski definition) is 0. The van der Waals surface area contributed by atoms with Gasteiger partial charge in [-0.25, -0.2) is 4.98 Å². The van der Waals surface area contributed by atoms with E-state index in [4.69, 9.17) is 0 Å². The highest BCUT2D eigenvalue weighted by atomic mass is 79.9. The minimum Gasteiger partial charge on any atom is -0.275 e. The Morgan fingerprint density at radius 3 is 2.92 bits per heavy atom. The number of nitrogens with zero attached hydrogens (tertiary/aromatic N) is 3. The third kappa shape index (κ3) is 1.42. The van der Waals surface area contributed by atoms with E-state index in [2.05, 4.69) is 26.0 Å². The number of rotatable bonds is 1. The molecular weight excluding hydrogens is 238 g/mol. The molecule has 62 valence electrons. The third-order valence-corrected chi connectivity index (χ3v) is 3.03. The molecule has 0 aliphatic carbocycles. The summed E-state index contributed by atoms with van der Waals surface area (Å²) in [5.41, 5.74) is 1.06. The Morgan fingerprint density at radius 1 is 1.58 bits per heavy atom. The summed E-state index contributed by atoms with van der Waals surface area (Å²) in [6.07, 6.45) is 3.76. The lowest BCUT2D eigenvalue weighted by Crippen LogP contribution is -1.83. The molecule has 12 heavy (non-hydrogen) atoms. The van der Waals surface area contributed by atoms with E-state index in [1.54, 1.807) is 16.0 Å². The normalized spacial score (nSPS) is 10.5. The Labute approximate surface area is 82.2 Å². The van der Waals surface area contributed by atoms with Crippen LogP contribution in [0.25, 0.3) is 10.6 Å². The van der Waals surface area contributed by atoms with E-state index < -0.39 is 0 Å². The highest BCUT2D eigenvalue weighted by Crippen LogP contribution is 2.24. The van der Waals surface area contributed by atoms with Gasteiger partial charge in [0, 0.05) is 24.2 Å². The molecule has 2 aromatic heterocycles. The Bertz CT molecular complexity index is 355. The monoisotopic (exact) mass is 243 g/mol. The number of thiazole rings is 1. The zero-order chi connectivity index (χ0) is 8.55. The lowest BCUT2D eigenvalue weighted by molar-refractivity contribution is 0.768. The smallest absolute Gasteiger partial charge is 0.127 e. The van der Waals surface area contributed by atoms with Gasteiger partial charge in [-0.1, -0.05) is 0 Å². The number of aromatic nitrogens is 3. The van der Waals surface area contributed by atoms with Gasteiger partial charge < -0.3 is 0 Å². The van der Waals surface area contributed by atoms with Crippen LogP contribution in [0.2, 0.25) is 0 Å². The molecule has 0 radical (unpaired) electrons. The number of halogens is 1. The number of hydrogen-bond acceptors (Lipinski definition) is 3. The summed E-state index contributed by atoms with van der Waals surface area (Å²) < 4.78 is 2.65. The summed E-state index contributed by atoms with van der Waals surface area (Å²) in [7, 11) is 1.89. The van der Waals surface area contributed by atoms with Crippen molar-refractivity contribution in [2.75, 3.05) is 0 Å². The summed E-state index contributed by atoms with van der Waals surface area (Å²) in [6.45, 7) is 0. The van der Waals surface area contributed by atoms with Crippen LogP contribution in [0.4, 0.5) is 0 Å². The molecule has 2 rings (SSSR count). The van der Waals surface area contributed by atoms with E-state index in [0.717, 1.165) is 15.2 Å². The first-order valence-electron chi connectivity index (χ1n) is 3.36. The molecule has 2 aromatic rings. The lowest BCUT2D eigenvalue weighted by Gasteiger charge is -1.85. The maximum atomic E-state index is 4.28. The maximum Gasteiger partial charge on any atom is 0.127 e. The zero-order valence-electron chi connectivity index (χ0n) is 6.36. The molecule has 5 heteroatoms. The van der Waals surface area contributed by atoms with Gasteiger partial charge in [-0.3, -0.25) is 4.68 Å². The molecule has 0 atom stereocenters. The third-order valence-electron chi connectivity index (χ3n) is 1.43. The van der Waals surface area contributed by atoms with Crippen LogP contribution in [0.15, 0.2) is 22.4 Å². The Morgan fingerprint density at radius 2 is 2.42 bits per heavy atom. The summed E-state index contributed by atoms with van der Waals surface area (Å²) >= 11 is 4.91. The summed E-state index contributed by atoms with van der Waals surface area (Å²) in [6, 6.07) is 0. The van der Waals surface area contributed by atoms with Crippen LogP contribution in [0.1, 0.15) is 0 Å². The second-order valence-electron chi connectivity index (χ2n) is 2.38. The van der Waals surface area contributed by atoms with Crippen LogP contribution in [-0.2, 0) is 7.05 Å². The molecule has 0 spiro atoms. The molecule has 0 fully saturated rings. The Balaban J connectivity index is 2.43. The number of aryl methyl sites for hydroxylation is 1. The second kappa shape index (κ2) is 2.99. The van der Waals surface area contributed by atoms with Crippen LogP contribution in [0, 0.1) is 0 Å². The van der Waals surface area contributed by atoms with Crippen LogP contribution in [0.3, 0.4) is 0 Å². The van der Waals surface area contributed by atoms with E-state index in [9.17, 15) is 0 Å². The van der Waals surface area contributed by atoms with Crippen molar-refractivity contribution in [2.24, 2.45) is 7.05 Å². The second-order valence-corrected chi connectivity index (χ2v) is 4.05. The largest absolute Gasteiger partial charge is 0.275 e. The average Bonchev–Trinajstić information content (AvgIpc) is 2.58. The van der Waals surface area contributed by atoms with Crippen LogP contribution in [0.5, 0.6) is 0 Å². The predicted octanol–water partition coefficient (Wildman–Crippen LogP) is 2.31. The topological polar surface area (TPSA) is 30.7 Å². The van der Waals surface area contributed by atoms with Gasteiger partial charge in [0.15, 0.2) is 0 Å². The molecule has 0 aromatic carbocycles. The fourth-order valence-corrected chi connectivity index (χ4v) is 2.15. The summed E-state index contributed by atoms with van der Waals surface area (Å²) in [5.74, 6) is 0. The molecule has 0 aliphatic heterocycles. The van der Waals surface area contributed by atoms with Crippen molar-refractivity contribution in [3.8, 4) is 10.6 Å². The Hall–Kier alpha value is -0.680. The van der Waals surface area contributed by atoms with Crippen molar-refractivity contribution in [1.29, 1.82) is 0 Å². The van der Waals surface area contributed by atoms with Crippen molar-refractivity contribution in [1.82, 2.24) is 14.8 Å². The SMILES string of the molecule is Cn1cc(-c2nc(Br)cs2)cn1. The van der Waals surface area contributed by atoms with Crippen LogP contribution < -0.4 is 0 Å². The fourth-order valence-electron chi connectivity index (χ4n) is 0.918. The van der Waals surface area contributed by atoms with Gasteiger partial charge in [-0.15, -0.1) is 11.3 Å². The molecular formula is C7H6BrN3S. The molecule has 0 saturated carbocycles. The molecule has 0 unspecified atom stereocenters. The van der Waals surface area contributed by atoms with Gasteiger partial charge in [-0.05, 0) is 15.9 Å². The van der Waals surface area contributed by atoms with Crippen LogP contribution >= 0.6 is 27.3 Å². The molecule has 0 aliphatic rings. The van der Waals surface area contributed by atoms with Crippen molar-refractivity contribution in [3.63, 3.8) is 0 Å². The van der Waals surface area contributed by atoms with E-state index in [1.165, 1.54) is 0 Å². The first-order chi connectivity index (χ1) is 5.75. The molecule has 0 bridgehead atoms. The van der Waals surface area contributed by atoms with Gasteiger partial charge in [0.05, 0.1) is 6.20 Å². The van der Waals surface area contributed by atoms with E-state index >= 15 is 0 Å². The van der Waals surface area contributed by atoms with E-state index in [0.29, 0.717) is 0 Å². The van der Waals surface area contributed by atoms with Gasteiger partial charge in [0.2, 0.25) is 0 Å². The molecule has 3 nitrogen and oxygen atoms in total. The molecule has 2 heterocycles. The summed E-state index contributed by atoms with van der Waals surface area (Å²) in [4.78, 5) is 4.28. The minimum atomic E-state index is 0.881. The van der Waals surface area contributed by atoms with Gasteiger partial charge in [-0.2, -0.15) is 5.10 Å². The highest BCUT2D eigenvalue weighted by Gasteiger charge is 2.03. The standard InChI is InChI=1S/C7H6BrN3S/c1-11-3-5(2-9-11)7-10-6(8)4-12-7/h2-4H,1H3. The zero-order valence-corrected chi connectivity index (χ0v) is 8.76. The summed E-state index contributed by atoms with van der Waals surface area (Å²) in [5, 5.41) is 7.03. The first kappa shape index (κ1) is 7.94. The predicted molar refractivity (Wildman–Crippen MR) is 52.0 cm³/mol. The van der Waals surface area contributed by atoms with Crippen molar-refractivity contribution in [3.05, 3.63) is 22.4 Å². The molecule has 0 N–H and O–H groups in total. The van der Waals surface area contributed by atoms with E-state index in [1.807, 2.05) is 24.8 Å². The Kier molecular flexibility index (Phi) is 1.98. The van der Waals surface area contributed by atoms with Gasteiger partial charge >= 0.3 is 0 Å². The van der Waals surface area contributed by atoms with E-state index in [-0.39, 0.29) is 0 Å². The van der Waals surface area contributed by atoms with Crippen molar-refractivity contribution >= 4 is 27.3 Å². The van der Waals surface area contributed by atoms with Crippen molar-refractivity contribution in [2.45, 2.75) is 0 Å². The quantitative estimate of drug-likeness (QED) is 0.770. The van der Waals surface area contributed by atoms with Crippen LogP contribution in [-0.4, -0.2) is 14.8 Å². The average molecular weight is 244 g/mol. The first-order valence-corrected chi connectivity index (χ1v) is 5.03. The minimum absolute atomic E-state index is 0.881. The highest BCUT2D eigenvalue weighted by molar-refractivity contribution is 9.10. The van der Waals surface area contributed by atoms with Crippen molar-refractivity contribution < 1.29 is 0 Å².